The predicted octanol–water partition coefficient (Wildman–Crippen LogP) is 1.94. The van der Waals surface area contributed by atoms with E-state index in [0.717, 1.165) is 23.2 Å². The molecular weight excluding hydrogens is 288 g/mol. The molecule has 0 bridgehead atoms. The van der Waals surface area contributed by atoms with E-state index in [1.54, 1.807) is 24.1 Å². The number of hydrogen-bond donors (Lipinski definition) is 1. The molecule has 0 saturated heterocycles. The standard InChI is InChI=1S/C15H22N2O3S/c1-6-7-16-21(19,20)11-8-10(2)13-12(9-11)15(3,4)14(18)17(13)5/h8-9,16H,6-7H2,1-5H3. The van der Waals surface area contributed by atoms with Crippen LogP contribution < -0.4 is 9.62 Å². The number of rotatable bonds is 4. The Morgan fingerprint density at radius 2 is 1.90 bits per heavy atom. The van der Waals surface area contributed by atoms with Gasteiger partial charge in [0.15, 0.2) is 0 Å². The van der Waals surface area contributed by atoms with Gasteiger partial charge in [-0.05, 0) is 50.5 Å². The molecule has 1 aromatic rings. The molecule has 0 fully saturated rings. The third-order valence-electron chi connectivity index (χ3n) is 3.97. The second kappa shape index (κ2) is 5.10. The summed E-state index contributed by atoms with van der Waals surface area (Å²) in [6.07, 6.45) is 0.732. The molecule has 1 aliphatic rings. The lowest BCUT2D eigenvalue weighted by molar-refractivity contribution is -0.121. The van der Waals surface area contributed by atoms with Crippen molar-refractivity contribution >= 4 is 21.6 Å². The van der Waals surface area contributed by atoms with Crippen molar-refractivity contribution in [1.29, 1.82) is 0 Å². The number of carbonyl (C=O) groups excluding carboxylic acids is 1. The molecule has 5 nitrogen and oxygen atoms in total. The van der Waals surface area contributed by atoms with Crippen LogP contribution in [0.4, 0.5) is 5.69 Å². The molecule has 6 heteroatoms. The smallest absolute Gasteiger partial charge is 0.240 e. The highest BCUT2D eigenvalue weighted by atomic mass is 32.2. The molecule has 0 aromatic heterocycles. The number of anilines is 1. The molecule has 1 heterocycles. The van der Waals surface area contributed by atoms with Crippen LogP contribution in [0.3, 0.4) is 0 Å². The molecule has 0 aliphatic carbocycles. The first-order valence-electron chi connectivity index (χ1n) is 7.06. The van der Waals surface area contributed by atoms with Crippen LogP contribution in [0.5, 0.6) is 0 Å². The largest absolute Gasteiger partial charge is 0.314 e. The molecule has 116 valence electrons. The van der Waals surface area contributed by atoms with Crippen molar-refractivity contribution in [2.75, 3.05) is 18.5 Å². The van der Waals surface area contributed by atoms with Crippen LogP contribution in [0.25, 0.3) is 0 Å². The number of amides is 1. The molecule has 1 aliphatic heterocycles. The fourth-order valence-corrected chi connectivity index (χ4v) is 4.02. The number of nitrogens with zero attached hydrogens (tertiary/aromatic N) is 1. The minimum atomic E-state index is -3.53. The third-order valence-corrected chi connectivity index (χ3v) is 5.41. The van der Waals surface area contributed by atoms with Crippen molar-refractivity contribution in [3.05, 3.63) is 23.3 Å². The number of benzene rings is 1. The Bertz CT molecular complexity index is 693. The van der Waals surface area contributed by atoms with Gasteiger partial charge in [-0.25, -0.2) is 13.1 Å². The Morgan fingerprint density at radius 1 is 1.29 bits per heavy atom. The summed E-state index contributed by atoms with van der Waals surface area (Å²) < 4.78 is 27.2. The third kappa shape index (κ3) is 2.46. The van der Waals surface area contributed by atoms with Gasteiger partial charge < -0.3 is 4.90 Å². The van der Waals surface area contributed by atoms with Crippen molar-refractivity contribution in [3.63, 3.8) is 0 Å². The highest BCUT2D eigenvalue weighted by molar-refractivity contribution is 7.89. The summed E-state index contributed by atoms with van der Waals surface area (Å²) in [6.45, 7) is 7.80. The Morgan fingerprint density at radius 3 is 2.48 bits per heavy atom. The van der Waals surface area contributed by atoms with E-state index in [4.69, 9.17) is 0 Å². The van der Waals surface area contributed by atoms with Crippen LogP contribution >= 0.6 is 0 Å². The maximum absolute atomic E-state index is 12.3. The fourth-order valence-electron chi connectivity index (χ4n) is 2.78. The van der Waals surface area contributed by atoms with Crippen LogP contribution in [0.1, 0.15) is 38.3 Å². The zero-order chi connectivity index (χ0) is 16.0. The van der Waals surface area contributed by atoms with Crippen LogP contribution in [-0.4, -0.2) is 27.9 Å². The van der Waals surface area contributed by atoms with E-state index >= 15 is 0 Å². The van der Waals surface area contributed by atoms with E-state index in [-0.39, 0.29) is 10.8 Å². The quantitative estimate of drug-likeness (QED) is 0.924. The van der Waals surface area contributed by atoms with E-state index < -0.39 is 15.4 Å². The Kier molecular flexibility index (Phi) is 3.88. The molecule has 0 spiro atoms. The molecule has 0 unspecified atom stereocenters. The van der Waals surface area contributed by atoms with Crippen LogP contribution in [0.15, 0.2) is 17.0 Å². The fraction of sp³-hybridized carbons (Fsp3) is 0.533. The van der Waals surface area contributed by atoms with Crippen molar-refractivity contribution in [2.45, 2.75) is 44.4 Å². The number of nitrogens with one attached hydrogen (secondary N) is 1. The molecule has 0 saturated carbocycles. The van der Waals surface area contributed by atoms with E-state index in [0.29, 0.717) is 6.54 Å². The van der Waals surface area contributed by atoms with Gasteiger partial charge in [0.05, 0.1) is 16.0 Å². The van der Waals surface area contributed by atoms with E-state index in [9.17, 15) is 13.2 Å². The van der Waals surface area contributed by atoms with Crippen LogP contribution in [0.2, 0.25) is 0 Å². The maximum Gasteiger partial charge on any atom is 0.240 e. The minimum absolute atomic E-state index is 0.0170. The monoisotopic (exact) mass is 310 g/mol. The normalized spacial score (nSPS) is 17.2. The van der Waals surface area contributed by atoms with Gasteiger partial charge in [0.2, 0.25) is 15.9 Å². The molecule has 21 heavy (non-hydrogen) atoms. The summed E-state index contributed by atoms with van der Waals surface area (Å²) in [4.78, 5) is 14.2. The van der Waals surface area contributed by atoms with Crippen LogP contribution in [-0.2, 0) is 20.2 Å². The highest BCUT2D eigenvalue weighted by Gasteiger charge is 2.43. The topological polar surface area (TPSA) is 66.5 Å². The van der Waals surface area contributed by atoms with Crippen LogP contribution in [0, 0.1) is 6.92 Å². The molecule has 1 amide bonds. The lowest BCUT2D eigenvalue weighted by atomic mass is 9.85. The number of carbonyl (C=O) groups is 1. The average molecular weight is 310 g/mol. The SMILES string of the molecule is CCCNS(=O)(=O)c1cc(C)c2c(c1)C(C)(C)C(=O)N2C. The molecule has 1 N–H and O–H groups in total. The number of aryl methyl sites for hydroxylation is 1. The summed E-state index contributed by atoms with van der Waals surface area (Å²) in [5.74, 6) is -0.0170. The average Bonchev–Trinajstić information content (AvgIpc) is 2.58. The van der Waals surface area contributed by atoms with Gasteiger partial charge in [0.1, 0.15) is 0 Å². The summed E-state index contributed by atoms with van der Waals surface area (Å²) in [7, 11) is -1.80. The summed E-state index contributed by atoms with van der Waals surface area (Å²) in [5.41, 5.74) is 1.68. The van der Waals surface area contributed by atoms with E-state index in [1.165, 1.54) is 0 Å². The Labute approximate surface area is 126 Å². The first kappa shape index (κ1) is 16.0. The predicted molar refractivity (Wildman–Crippen MR) is 83.1 cm³/mol. The first-order valence-corrected chi connectivity index (χ1v) is 8.54. The van der Waals surface area contributed by atoms with Crippen molar-refractivity contribution in [3.8, 4) is 0 Å². The van der Waals surface area contributed by atoms with Crippen molar-refractivity contribution in [2.24, 2.45) is 0 Å². The van der Waals surface area contributed by atoms with Gasteiger partial charge in [-0.3, -0.25) is 4.79 Å². The van der Waals surface area contributed by atoms with Gasteiger partial charge in [-0.1, -0.05) is 6.92 Å². The maximum atomic E-state index is 12.3. The Balaban J connectivity index is 2.60. The van der Waals surface area contributed by atoms with Gasteiger partial charge in [0.25, 0.3) is 0 Å². The van der Waals surface area contributed by atoms with Crippen molar-refractivity contribution in [1.82, 2.24) is 4.72 Å². The number of hydrogen-bond acceptors (Lipinski definition) is 3. The Hall–Kier alpha value is -1.40. The molecule has 0 radical (unpaired) electrons. The summed E-state index contributed by atoms with van der Waals surface area (Å²) in [6, 6.07) is 3.25. The number of sulfonamides is 1. The number of likely N-dealkylation sites (N-methyl/N-ethyl adjacent to an activating group) is 1. The molecular formula is C15H22N2O3S. The number of fused-ring (bicyclic) bond motifs is 1. The van der Waals surface area contributed by atoms with Gasteiger partial charge in [-0.15, -0.1) is 0 Å². The summed E-state index contributed by atoms with van der Waals surface area (Å²) >= 11 is 0. The second-order valence-corrected chi connectivity index (χ2v) is 7.79. The lowest BCUT2D eigenvalue weighted by Crippen LogP contribution is -2.33. The highest BCUT2D eigenvalue weighted by Crippen LogP contribution is 2.43. The minimum Gasteiger partial charge on any atom is -0.314 e. The molecule has 1 aromatic carbocycles. The van der Waals surface area contributed by atoms with Gasteiger partial charge in [-0.2, -0.15) is 0 Å². The molecule has 0 atom stereocenters. The second-order valence-electron chi connectivity index (χ2n) is 6.02. The first-order chi connectivity index (χ1) is 9.63. The molecule has 2 rings (SSSR count). The summed E-state index contributed by atoms with van der Waals surface area (Å²) in [5, 5.41) is 0. The zero-order valence-corrected chi connectivity index (χ0v) is 14.0. The van der Waals surface area contributed by atoms with Crippen molar-refractivity contribution < 1.29 is 13.2 Å². The van der Waals surface area contributed by atoms with E-state index in [2.05, 4.69) is 4.72 Å². The van der Waals surface area contributed by atoms with E-state index in [1.807, 2.05) is 27.7 Å². The zero-order valence-electron chi connectivity index (χ0n) is 13.1. The lowest BCUT2D eigenvalue weighted by Gasteiger charge is -2.17. The van der Waals surface area contributed by atoms with Gasteiger partial charge >= 0.3 is 0 Å². The van der Waals surface area contributed by atoms with Gasteiger partial charge in [0, 0.05) is 13.6 Å².